The summed E-state index contributed by atoms with van der Waals surface area (Å²) in [7, 11) is 0. The minimum atomic E-state index is 0.367. The van der Waals surface area contributed by atoms with Crippen LogP contribution < -0.4 is 5.73 Å². The average molecular weight is 198 g/mol. The van der Waals surface area contributed by atoms with Crippen molar-refractivity contribution in [3.05, 3.63) is 0 Å². The normalized spacial score (nSPS) is 37.1. The first kappa shape index (κ1) is 10.4. The van der Waals surface area contributed by atoms with Gasteiger partial charge in [-0.05, 0) is 32.6 Å². The largest absolute Gasteiger partial charge is 0.373 e. The molecule has 14 heavy (non-hydrogen) atoms. The van der Waals surface area contributed by atoms with Gasteiger partial charge in [-0.15, -0.1) is 0 Å². The number of hydrogen-bond acceptors (Lipinski definition) is 3. The van der Waals surface area contributed by atoms with E-state index in [9.17, 15) is 0 Å². The highest BCUT2D eigenvalue weighted by atomic mass is 16.5. The zero-order valence-corrected chi connectivity index (χ0v) is 9.28. The molecule has 1 heterocycles. The number of hydrogen-bond donors (Lipinski definition) is 1. The fraction of sp³-hybridized carbons (Fsp3) is 1.00. The van der Waals surface area contributed by atoms with Gasteiger partial charge in [0.2, 0.25) is 0 Å². The van der Waals surface area contributed by atoms with Crippen LogP contribution >= 0.6 is 0 Å². The van der Waals surface area contributed by atoms with E-state index in [0.717, 1.165) is 25.6 Å². The van der Waals surface area contributed by atoms with Crippen molar-refractivity contribution in [1.82, 2.24) is 4.90 Å². The van der Waals surface area contributed by atoms with E-state index in [1.54, 1.807) is 0 Å². The van der Waals surface area contributed by atoms with Crippen LogP contribution in [0.15, 0.2) is 0 Å². The molecule has 1 aliphatic heterocycles. The fourth-order valence-electron chi connectivity index (χ4n) is 2.61. The van der Waals surface area contributed by atoms with Gasteiger partial charge in [0.15, 0.2) is 0 Å². The van der Waals surface area contributed by atoms with Gasteiger partial charge in [-0.3, -0.25) is 4.90 Å². The zero-order valence-electron chi connectivity index (χ0n) is 9.28. The Balaban J connectivity index is 1.93. The summed E-state index contributed by atoms with van der Waals surface area (Å²) >= 11 is 0. The van der Waals surface area contributed by atoms with Crippen LogP contribution in [0.5, 0.6) is 0 Å². The number of nitrogens with two attached hydrogens (primary N) is 1. The Labute approximate surface area is 86.6 Å². The molecule has 3 atom stereocenters. The summed E-state index contributed by atoms with van der Waals surface area (Å²) in [6, 6.07) is 0.615. The summed E-state index contributed by atoms with van der Waals surface area (Å²) in [6.45, 7) is 7.24. The van der Waals surface area contributed by atoms with Crippen LogP contribution in [0.2, 0.25) is 0 Å². The van der Waals surface area contributed by atoms with Gasteiger partial charge in [-0.25, -0.2) is 0 Å². The van der Waals surface area contributed by atoms with Crippen molar-refractivity contribution < 1.29 is 4.74 Å². The molecule has 3 heteroatoms. The summed E-state index contributed by atoms with van der Waals surface area (Å²) in [5, 5.41) is 0. The highest BCUT2D eigenvalue weighted by Crippen LogP contribution is 2.35. The van der Waals surface area contributed by atoms with Crippen molar-refractivity contribution in [3.63, 3.8) is 0 Å². The number of rotatable bonds is 3. The van der Waals surface area contributed by atoms with E-state index < -0.39 is 0 Å². The Hall–Kier alpha value is -0.120. The standard InChI is InChI=1S/C11H22N2O/c1-8-6-13(7-9(2)14-8)11(5-12)10-3-4-10/h8-11H,3-7,12H2,1-2H3/t8-,9+,11?. The molecular weight excluding hydrogens is 176 g/mol. The monoisotopic (exact) mass is 198 g/mol. The number of morpholine rings is 1. The van der Waals surface area contributed by atoms with Crippen LogP contribution in [0.1, 0.15) is 26.7 Å². The molecule has 1 saturated carbocycles. The summed E-state index contributed by atoms with van der Waals surface area (Å²) < 4.78 is 5.73. The van der Waals surface area contributed by atoms with E-state index in [4.69, 9.17) is 10.5 Å². The van der Waals surface area contributed by atoms with Crippen molar-refractivity contribution in [1.29, 1.82) is 0 Å². The molecule has 2 rings (SSSR count). The fourth-order valence-corrected chi connectivity index (χ4v) is 2.61. The van der Waals surface area contributed by atoms with E-state index >= 15 is 0 Å². The predicted molar refractivity (Wildman–Crippen MR) is 57.1 cm³/mol. The topological polar surface area (TPSA) is 38.5 Å². The maximum atomic E-state index is 5.85. The molecule has 82 valence electrons. The van der Waals surface area contributed by atoms with Crippen LogP contribution in [0.4, 0.5) is 0 Å². The highest BCUT2D eigenvalue weighted by molar-refractivity contribution is 4.91. The van der Waals surface area contributed by atoms with Crippen molar-refractivity contribution in [2.45, 2.75) is 44.9 Å². The van der Waals surface area contributed by atoms with E-state index in [1.165, 1.54) is 12.8 Å². The van der Waals surface area contributed by atoms with Gasteiger partial charge in [0.05, 0.1) is 12.2 Å². The maximum Gasteiger partial charge on any atom is 0.0678 e. The van der Waals surface area contributed by atoms with Gasteiger partial charge in [0.1, 0.15) is 0 Å². The zero-order chi connectivity index (χ0) is 10.1. The molecule has 2 N–H and O–H groups in total. The summed E-state index contributed by atoms with van der Waals surface area (Å²) in [5.74, 6) is 0.873. The summed E-state index contributed by atoms with van der Waals surface area (Å²) in [6.07, 6.45) is 3.49. The van der Waals surface area contributed by atoms with Crippen LogP contribution in [-0.4, -0.2) is 42.8 Å². The molecule has 2 fully saturated rings. The van der Waals surface area contributed by atoms with E-state index in [0.29, 0.717) is 18.2 Å². The third kappa shape index (κ3) is 2.27. The second-order valence-corrected chi connectivity index (χ2v) is 4.85. The van der Waals surface area contributed by atoms with Crippen LogP contribution in [0.3, 0.4) is 0 Å². The average Bonchev–Trinajstić information content (AvgIpc) is 2.87. The molecule has 0 radical (unpaired) electrons. The lowest BCUT2D eigenvalue weighted by Crippen LogP contribution is -2.53. The van der Waals surface area contributed by atoms with Crippen molar-refractivity contribution >= 4 is 0 Å². The Morgan fingerprint density at radius 2 is 1.86 bits per heavy atom. The SMILES string of the molecule is C[C@@H]1CN(C(CN)C2CC2)C[C@H](C)O1. The molecule has 3 nitrogen and oxygen atoms in total. The minimum Gasteiger partial charge on any atom is -0.373 e. The van der Waals surface area contributed by atoms with Crippen molar-refractivity contribution in [3.8, 4) is 0 Å². The number of nitrogens with zero attached hydrogens (tertiary/aromatic N) is 1. The second kappa shape index (κ2) is 4.17. The number of ether oxygens (including phenoxy) is 1. The van der Waals surface area contributed by atoms with Gasteiger partial charge in [-0.1, -0.05) is 0 Å². The first-order valence-corrected chi connectivity index (χ1v) is 5.80. The van der Waals surface area contributed by atoms with Gasteiger partial charge in [-0.2, -0.15) is 0 Å². The Morgan fingerprint density at radius 1 is 1.29 bits per heavy atom. The van der Waals surface area contributed by atoms with Crippen LogP contribution in [0.25, 0.3) is 0 Å². The van der Waals surface area contributed by atoms with E-state index in [1.807, 2.05) is 0 Å². The lowest BCUT2D eigenvalue weighted by molar-refractivity contribution is -0.0816. The van der Waals surface area contributed by atoms with Gasteiger partial charge in [0, 0.05) is 25.7 Å². The Bertz CT molecular complexity index is 184. The molecule has 1 saturated heterocycles. The van der Waals surface area contributed by atoms with Crippen LogP contribution in [0, 0.1) is 5.92 Å². The smallest absolute Gasteiger partial charge is 0.0678 e. The van der Waals surface area contributed by atoms with Crippen LogP contribution in [-0.2, 0) is 4.74 Å². The molecule has 1 unspecified atom stereocenters. The molecule has 1 aliphatic carbocycles. The minimum absolute atomic E-state index is 0.367. The molecule has 0 spiro atoms. The maximum absolute atomic E-state index is 5.85. The summed E-state index contributed by atoms with van der Waals surface area (Å²) in [5.41, 5.74) is 5.85. The Morgan fingerprint density at radius 3 is 2.29 bits per heavy atom. The van der Waals surface area contributed by atoms with Gasteiger partial charge >= 0.3 is 0 Å². The third-order valence-electron chi connectivity index (χ3n) is 3.32. The Kier molecular flexibility index (Phi) is 3.10. The van der Waals surface area contributed by atoms with Crippen molar-refractivity contribution in [2.75, 3.05) is 19.6 Å². The molecule has 0 aromatic heterocycles. The van der Waals surface area contributed by atoms with Crippen molar-refractivity contribution in [2.24, 2.45) is 11.7 Å². The lowest BCUT2D eigenvalue weighted by Gasteiger charge is -2.40. The predicted octanol–water partition coefficient (Wildman–Crippen LogP) is 0.833. The lowest BCUT2D eigenvalue weighted by atomic mass is 10.1. The van der Waals surface area contributed by atoms with E-state index in [2.05, 4.69) is 18.7 Å². The quantitative estimate of drug-likeness (QED) is 0.730. The molecule has 2 aliphatic rings. The van der Waals surface area contributed by atoms with E-state index in [-0.39, 0.29) is 0 Å². The molecule has 0 amide bonds. The third-order valence-corrected chi connectivity index (χ3v) is 3.32. The molecule has 0 bridgehead atoms. The molecule has 0 aromatic rings. The highest BCUT2D eigenvalue weighted by Gasteiger charge is 2.37. The van der Waals surface area contributed by atoms with Gasteiger partial charge in [0.25, 0.3) is 0 Å². The second-order valence-electron chi connectivity index (χ2n) is 4.85. The molecule has 0 aromatic carbocycles. The molecular formula is C11H22N2O. The first-order chi connectivity index (χ1) is 6.70. The summed E-state index contributed by atoms with van der Waals surface area (Å²) in [4.78, 5) is 2.54. The first-order valence-electron chi connectivity index (χ1n) is 5.80. The van der Waals surface area contributed by atoms with Gasteiger partial charge < -0.3 is 10.5 Å².